The van der Waals surface area contributed by atoms with Gasteiger partial charge in [0.25, 0.3) is 10.2 Å². The highest BCUT2D eigenvalue weighted by molar-refractivity contribution is 7.86. The number of hydrogen-bond donors (Lipinski definition) is 1. The lowest BCUT2D eigenvalue weighted by Gasteiger charge is -2.35. The third-order valence-electron chi connectivity index (χ3n) is 3.18. The molecule has 0 aromatic heterocycles. The van der Waals surface area contributed by atoms with Gasteiger partial charge in [-0.05, 0) is 25.3 Å². The Balaban J connectivity index is 2.82. The molecule has 114 valence electrons. The van der Waals surface area contributed by atoms with E-state index in [0.717, 1.165) is 10.7 Å². The van der Waals surface area contributed by atoms with E-state index in [9.17, 15) is 21.6 Å². The van der Waals surface area contributed by atoms with Crippen LogP contribution in [0, 0.1) is 5.92 Å². The molecule has 1 unspecified atom stereocenters. The second kappa shape index (κ2) is 6.38. The van der Waals surface area contributed by atoms with Crippen molar-refractivity contribution in [2.75, 3.05) is 32.7 Å². The molecule has 0 radical (unpaired) electrons. The molecule has 0 saturated carbocycles. The van der Waals surface area contributed by atoms with Crippen molar-refractivity contribution in [1.29, 1.82) is 0 Å². The number of alkyl halides is 3. The minimum absolute atomic E-state index is 0.0214. The highest BCUT2D eigenvalue weighted by atomic mass is 32.2. The summed E-state index contributed by atoms with van der Waals surface area (Å²) in [5.74, 6) is 0.0214. The van der Waals surface area contributed by atoms with Gasteiger partial charge in [0.2, 0.25) is 0 Å². The third-order valence-corrected chi connectivity index (χ3v) is 5.20. The fourth-order valence-electron chi connectivity index (χ4n) is 2.15. The molecule has 0 aliphatic carbocycles. The van der Waals surface area contributed by atoms with Gasteiger partial charge in [-0.2, -0.15) is 30.2 Å². The summed E-state index contributed by atoms with van der Waals surface area (Å²) in [6.45, 7) is 0.548. The van der Waals surface area contributed by atoms with Gasteiger partial charge in [0.1, 0.15) is 6.54 Å². The SMILES string of the molecule is CCN(CC(F)(F)F)S(=O)(=O)N1CCCC(CN)C1. The highest BCUT2D eigenvalue weighted by Gasteiger charge is 2.39. The molecule has 5 nitrogen and oxygen atoms in total. The topological polar surface area (TPSA) is 66.6 Å². The summed E-state index contributed by atoms with van der Waals surface area (Å²) in [5, 5.41) is 0. The summed E-state index contributed by atoms with van der Waals surface area (Å²) in [4.78, 5) is 0. The van der Waals surface area contributed by atoms with Gasteiger partial charge in [-0.3, -0.25) is 0 Å². The first-order chi connectivity index (χ1) is 8.70. The Kier molecular flexibility index (Phi) is 5.60. The molecule has 0 amide bonds. The van der Waals surface area contributed by atoms with Gasteiger partial charge in [0, 0.05) is 19.6 Å². The molecule has 0 aromatic rings. The summed E-state index contributed by atoms with van der Waals surface area (Å²) in [6, 6.07) is 0. The number of nitrogens with zero attached hydrogens (tertiary/aromatic N) is 2. The monoisotopic (exact) mass is 303 g/mol. The summed E-state index contributed by atoms with van der Waals surface area (Å²) in [6.07, 6.45) is -3.09. The Morgan fingerprint density at radius 2 is 2.05 bits per heavy atom. The molecule has 1 aliphatic heterocycles. The van der Waals surface area contributed by atoms with E-state index in [0.29, 0.717) is 17.3 Å². The average molecular weight is 303 g/mol. The normalized spacial score (nSPS) is 22.9. The van der Waals surface area contributed by atoms with E-state index in [4.69, 9.17) is 5.73 Å². The predicted octanol–water partition coefficient (Wildman–Crippen LogP) is 0.786. The van der Waals surface area contributed by atoms with E-state index in [-0.39, 0.29) is 25.6 Å². The van der Waals surface area contributed by atoms with Crippen molar-refractivity contribution in [3.05, 3.63) is 0 Å². The van der Waals surface area contributed by atoms with Crippen LogP contribution in [-0.4, -0.2) is 55.9 Å². The Morgan fingerprint density at radius 1 is 1.42 bits per heavy atom. The molecule has 1 aliphatic rings. The van der Waals surface area contributed by atoms with Gasteiger partial charge >= 0.3 is 6.18 Å². The summed E-state index contributed by atoms with van der Waals surface area (Å²) < 4.78 is 63.1. The largest absolute Gasteiger partial charge is 0.402 e. The number of piperidine rings is 1. The molecule has 19 heavy (non-hydrogen) atoms. The fraction of sp³-hybridized carbons (Fsp3) is 1.00. The quantitative estimate of drug-likeness (QED) is 0.816. The number of hydrogen-bond acceptors (Lipinski definition) is 3. The van der Waals surface area contributed by atoms with E-state index in [2.05, 4.69) is 0 Å². The van der Waals surface area contributed by atoms with E-state index >= 15 is 0 Å². The maximum Gasteiger partial charge on any atom is 0.402 e. The lowest BCUT2D eigenvalue weighted by atomic mass is 10.0. The fourth-order valence-corrected chi connectivity index (χ4v) is 3.87. The Hall–Kier alpha value is -0.380. The van der Waals surface area contributed by atoms with Crippen molar-refractivity contribution in [3.8, 4) is 0 Å². The molecular formula is C10H20F3N3O2S. The van der Waals surface area contributed by atoms with Crippen LogP contribution in [0.1, 0.15) is 19.8 Å². The smallest absolute Gasteiger partial charge is 0.330 e. The predicted molar refractivity (Wildman–Crippen MR) is 65.6 cm³/mol. The van der Waals surface area contributed by atoms with Crippen LogP contribution in [0.3, 0.4) is 0 Å². The standard InChI is InChI=1S/C10H20F3N3O2S/c1-2-15(8-10(11,12)13)19(17,18)16-5-3-4-9(6-14)7-16/h9H,2-8,14H2,1H3. The lowest BCUT2D eigenvalue weighted by Crippen LogP contribution is -2.51. The van der Waals surface area contributed by atoms with Gasteiger partial charge in [-0.15, -0.1) is 0 Å². The molecule has 1 fully saturated rings. The van der Waals surface area contributed by atoms with E-state index in [1.165, 1.54) is 6.92 Å². The Bertz CT molecular complexity index is 386. The average Bonchev–Trinajstić information content (AvgIpc) is 2.34. The number of rotatable bonds is 5. The van der Waals surface area contributed by atoms with Gasteiger partial charge < -0.3 is 5.73 Å². The molecule has 1 heterocycles. The van der Waals surface area contributed by atoms with Crippen LogP contribution in [-0.2, 0) is 10.2 Å². The number of halogens is 3. The van der Waals surface area contributed by atoms with Gasteiger partial charge in [0.15, 0.2) is 0 Å². The van der Waals surface area contributed by atoms with Crippen LogP contribution in [0.25, 0.3) is 0 Å². The second-order valence-electron chi connectivity index (χ2n) is 4.65. The molecule has 1 atom stereocenters. The van der Waals surface area contributed by atoms with E-state index < -0.39 is 22.9 Å². The van der Waals surface area contributed by atoms with Crippen molar-refractivity contribution < 1.29 is 21.6 Å². The number of nitrogens with two attached hydrogens (primary N) is 1. The first-order valence-electron chi connectivity index (χ1n) is 6.22. The zero-order valence-electron chi connectivity index (χ0n) is 10.9. The van der Waals surface area contributed by atoms with E-state index in [1.54, 1.807) is 0 Å². The maximum atomic E-state index is 12.4. The zero-order valence-corrected chi connectivity index (χ0v) is 11.7. The van der Waals surface area contributed by atoms with Crippen molar-refractivity contribution >= 4 is 10.2 Å². The molecule has 0 spiro atoms. The molecule has 0 bridgehead atoms. The Labute approximate surface area is 111 Å². The summed E-state index contributed by atoms with van der Waals surface area (Å²) >= 11 is 0. The molecule has 0 aromatic carbocycles. The van der Waals surface area contributed by atoms with E-state index in [1.807, 2.05) is 0 Å². The zero-order chi connectivity index (χ0) is 14.7. The highest BCUT2D eigenvalue weighted by Crippen LogP contribution is 2.23. The van der Waals surface area contributed by atoms with Gasteiger partial charge in [0.05, 0.1) is 0 Å². The van der Waals surface area contributed by atoms with Crippen LogP contribution < -0.4 is 5.73 Å². The first-order valence-corrected chi connectivity index (χ1v) is 7.62. The van der Waals surface area contributed by atoms with Crippen molar-refractivity contribution in [2.45, 2.75) is 25.9 Å². The molecule has 9 heteroatoms. The maximum absolute atomic E-state index is 12.4. The molecule has 2 N–H and O–H groups in total. The van der Waals surface area contributed by atoms with Crippen LogP contribution in [0.15, 0.2) is 0 Å². The van der Waals surface area contributed by atoms with Gasteiger partial charge in [-0.1, -0.05) is 6.92 Å². The third kappa shape index (κ3) is 4.59. The van der Waals surface area contributed by atoms with Gasteiger partial charge in [-0.25, -0.2) is 0 Å². The summed E-state index contributed by atoms with van der Waals surface area (Å²) in [5.41, 5.74) is 5.50. The van der Waals surface area contributed by atoms with Crippen LogP contribution in [0.5, 0.6) is 0 Å². The van der Waals surface area contributed by atoms with Crippen molar-refractivity contribution in [2.24, 2.45) is 11.7 Å². The molecular weight excluding hydrogens is 283 g/mol. The Morgan fingerprint density at radius 3 is 2.53 bits per heavy atom. The minimum atomic E-state index is -4.54. The minimum Gasteiger partial charge on any atom is -0.330 e. The molecule has 1 rings (SSSR count). The van der Waals surface area contributed by atoms with Crippen LogP contribution >= 0.6 is 0 Å². The summed E-state index contributed by atoms with van der Waals surface area (Å²) in [7, 11) is -4.06. The first kappa shape index (κ1) is 16.7. The van der Waals surface area contributed by atoms with Crippen molar-refractivity contribution in [1.82, 2.24) is 8.61 Å². The van der Waals surface area contributed by atoms with Crippen LogP contribution in [0.2, 0.25) is 0 Å². The van der Waals surface area contributed by atoms with Crippen LogP contribution in [0.4, 0.5) is 13.2 Å². The molecule has 1 saturated heterocycles. The second-order valence-corrected chi connectivity index (χ2v) is 6.58. The lowest BCUT2D eigenvalue weighted by molar-refractivity contribution is -0.136. The van der Waals surface area contributed by atoms with Crippen molar-refractivity contribution in [3.63, 3.8) is 0 Å².